The zero-order chi connectivity index (χ0) is 34.4. The van der Waals surface area contributed by atoms with Crippen LogP contribution in [0.25, 0.3) is 20.9 Å². The van der Waals surface area contributed by atoms with Crippen LogP contribution in [0.2, 0.25) is 0 Å². The van der Waals surface area contributed by atoms with Crippen molar-refractivity contribution in [3.63, 3.8) is 0 Å². The van der Waals surface area contributed by atoms with E-state index in [0.29, 0.717) is 48.2 Å². The Labute approximate surface area is 293 Å². The molecule has 10 heteroatoms. The van der Waals surface area contributed by atoms with Gasteiger partial charge >= 0.3 is 0 Å². The number of nitrogens with one attached hydrogen (secondary N) is 1. The molecule has 0 atom stereocenters. The average Bonchev–Trinajstić information content (AvgIpc) is 3.47. The van der Waals surface area contributed by atoms with Crippen LogP contribution in [-0.2, 0) is 17.6 Å². The van der Waals surface area contributed by atoms with Gasteiger partial charge in [-0.05, 0) is 104 Å². The van der Waals surface area contributed by atoms with Crippen molar-refractivity contribution in [2.45, 2.75) is 39.0 Å². The Morgan fingerprint density at radius 2 is 1.82 bits per heavy atom. The van der Waals surface area contributed by atoms with E-state index in [1.165, 1.54) is 23.5 Å². The van der Waals surface area contributed by atoms with E-state index < -0.39 is 5.82 Å². The van der Waals surface area contributed by atoms with E-state index in [0.717, 1.165) is 77.0 Å². The summed E-state index contributed by atoms with van der Waals surface area (Å²) in [5, 5.41) is 0. The molecule has 8 nitrogen and oxygen atoms in total. The number of carbonyl (C=O) groups is 2. The molecule has 8 rings (SSSR count). The van der Waals surface area contributed by atoms with Crippen LogP contribution in [0.15, 0.2) is 83.9 Å². The van der Waals surface area contributed by atoms with Crippen LogP contribution in [-0.4, -0.2) is 54.5 Å². The van der Waals surface area contributed by atoms with Crippen LogP contribution in [0, 0.1) is 18.2 Å². The van der Waals surface area contributed by atoms with E-state index in [1.807, 2.05) is 37.4 Å². The van der Waals surface area contributed by atoms with Gasteiger partial charge in [0.25, 0.3) is 11.5 Å². The number of nitrogens with zero attached hydrogens (tertiary/aromatic N) is 3. The molecule has 2 fully saturated rings. The third kappa shape index (κ3) is 6.07. The lowest BCUT2D eigenvalue weighted by Crippen LogP contribution is -2.59. The maximum atomic E-state index is 14.7. The Morgan fingerprint density at radius 1 is 1.02 bits per heavy atom. The molecule has 5 aromatic rings. The van der Waals surface area contributed by atoms with Gasteiger partial charge in [-0.15, -0.1) is 11.3 Å². The first-order valence-corrected chi connectivity index (χ1v) is 17.9. The number of H-pyrrole nitrogens is 1. The van der Waals surface area contributed by atoms with Crippen molar-refractivity contribution < 1.29 is 18.7 Å². The fourth-order valence-electron chi connectivity index (χ4n) is 7.49. The molecule has 1 amide bonds. The van der Waals surface area contributed by atoms with Gasteiger partial charge in [0, 0.05) is 78.0 Å². The van der Waals surface area contributed by atoms with Gasteiger partial charge in [0.15, 0.2) is 5.78 Å². The predicted molar refractivity (Wildman–Crippen MR) is 194 cm³/mol. The molecule has 0 aliphatic carbocycles. The second-order valence-corrected chi connectivity index (χ2v) is 14.8. The van der Waals surface area contributed by atoms with E-state index in [9.17, 15) is 18.8 Å². The number of Topliss-reactive ketones (excluding diaryl/α,β-unsaturated/α-hetero) is 1. The number of hydrogen-bond donors (Lipinski definition) is 1. The van der Waals surface area contributed by atoms with Crippen LogP contribution in [0.3, 0.4) is 0 Å². The highest BCUT2D eigenvalue weighted by atomic mass is 32.1. The summed E-state index contributed by atoms with van der Waals surface area (Å²) < 4.78 is 20.2. The maximum Gasteiger partial charge on any atom is 0.258 e. The van der Waals surface area contributed by atoms with Gasteiger partial charge in [0.1, 0.15) is 11.6 Å². The second-order valence-electron chi connectivity index (χ2n) is 13.7. The molecule has 6 heterocycles. The molecular formula is C40H37FN4O4S. The molecule has 254 valence electrons. The number of hydrogen-bond acceptors (Lipinski definition) is 7. The fourth-order valence-corrected chi connectivity index (χ4v) is 8.76. The summed E-state index contributed by atoms with van der Waals surface area (Å²) in [7, 11) is 0. The monoisotopic (exact) mass is 688 g/mol. The molecule has 2 saturated heterocycles. The second kappa shape index (κ2) is 13.1. The zero-order valence-electron chi connectivity index (χ0n) is 27.8. The third-order valence-electron chi connectivity index (χ3n) is 10.3. The lowest BCUT2D eigenvalue weighted by atomic mass is 9.73. The van der Waals surface area contributed by atoms with Crippen LogP contribution >= 0.6 is 11.3 Å². The van der Waals surface area contributed by atoms with E-state index in [2.05, 4.69) is 14.9 Å². The number of pyridine rings is 2. The number of thiophene rings is 1. The third-order valence-corrected chi connectivity index (χ3v) is 11.5. The van der Waals surface area contributed by atoms with Gasteiger partial charge in [-0.25, -0.2) is 9.37 Å². The number of anilines is 2. The minimum Gasteiger partial charge on any atom is -0.381 e. The number of amides is 1. The number of ether oxygens (including phenoxy) is 1. The Balaban J connectivity index is 0.972. The first-order valence-electron chi connectivity index (χ1n) is 17.1. The smallest absolute Gasteiger partial charge is 0.258 e. The van der Waals surface area contributed by atoms with E-state index in [-0.39, 0.29) is 22.7 Å². The number of aromatic amines is 1. The van der Waals surface area contributed by atoms with Gasteiger partial charge in [0.05, 0.1) is 16.8 Å². The summed E-state index contributed by atoms with van der Waals surface area (Å²) in [4.78, 5) is 53.1. The van der Waals surface area contributed by atoms with Gasteiger partial charge in [0.2, 0.25) is 0 Å². The van der Waals surface area contributed by atoms with Crippen molar-refractivity contribution in [3.8, 4) is 20.9 Å². The molecule has 0 saturated carbocycles. The number of halogens is 1. The number of fused-ring (bicyclic) bond motifs is 3. The number of aromatic nitrogens is 2. The SMILES string of the molecule is Cc1cnc(N2CC3(CCOCC3)C2)c(C(=O)CCc2ccc(C(=O)N3CCc4cc(-c5ccc[nH]c5=O)sc4-c4ccc(F)cc43)cc2)c1. The maximum absolute atomic E-state index is 14.7. The standard InChI is InChI=1S/C40H37FN4O4S/c1-25-19-32(37(43-22-25)44-23-40(24-44)13-17-49-18-14-40)34(46)11-6-26-4-7-27(8-5-26)39(48)45-16-12-28-20-35(31-3-2-15-42-38(31)47)50-36(28)30-10-9-29(41)21-33(30)45/h2-5,7-10,15,19-22H,6,11-14,16-18,23-24H2,1H3,(H,42,47). The van der Waals surface area contributed by atoms with Crippen molar-refractivity contribution >= 4 is 34.5 Å². The summed E-state index contributed by atoms with van der Waals surface area (Å²) in [5.41, 5.74) is 6.04. The topological polar surface area (TPSA) is 95.6 Å². The van der Waals surface area contributed by atoms with Gasteiger partial charge in [-0.3, -0.25) is 14.4 Å². The molecule has 3 aromatic heterocycles. The minimum absolute atomic E-state index is 0.0555. The normalized spacial score (nSPS) is 16.4. The summed E-state index contributed by atoms with van der Waals surface area (Å²) in [5.74, 6) is 0.180. The number of benzene rings is 2. The van der Waals surface area contributed by atoms with Crippen molar-refractivity contribution in [1.29, 1.82) is 0 Å². The zero-order valence-corrected chi connectivity index (χ0v) is 28.7. The largest absolute Gasteiger partial charge is 0.381 e. The summed E-state index contributed by atoms with van der Waals surface area (Å²) in [6.45, 7) is 5.72. The molecular weight excluding hydrogens is 652 g/mol. The van der Waals surface area contributed by atoms with Crippen molar-refractivity contribution in [3.05, 3.63) is 123 Å². The van der Waals surface area contributed by atoms with Gasteiger partial charge in [-0.2, -0.15) is 0 Å². The summed E-state index contributed by atoms with van der Waals surface area (Å²) in [6, 6.07) is 19.4. The number of rotatable bonds is 7. The molecule has 3 aliphatic heterocycles. The van der Waals surface area contributed by atoms with Crippen molar-refractivity contribution in [2.24, 2.45) is 5.41 Å². The fraction of sp³-hybridized carbons (Fsp3) is 0.300. The van der Waals surface area contributed by atoms with Crippen LogP contribution in [0.4, 0.5) is 15.9 Å². The summed E-state index contributed by atoms with van der Waals surface area (Å²) in [6.07, 6.45) is 6.95. The number of carbonyl (C=O) groups excluding carboxylic acids is 2. The van der Waals surface area contributed by atoms with Crippen molar-refractivity contribution in [1.82, 2.24) is 9.97 Å². The lowest BCUT2D eigenvalue weighted by Gasteiger charge is -2.53. The highest BCUT2D eigenvalue weighted by Crippen LogP contribution is 2.45. The van der Waals surface area contributed by atoms with Crippen LogP contribution in [0.5, 0.6) is 0 Å². The van der Waals surface area contributed by atoms with Gasteiger partial charge in [-0.1, -0.05) is 12.1 Å². The molecule has 50 heavy (non-hydrogen) atoms. The first kappa shape index (κ1) is 32.3. The summed E-state index contributed by atoms with van der Waals surface area (Å²) >= 11 is 1.48. The van der Waals surface area contributed by atoms with Crippen molar-refractivity contribution in [2.75, 3.05) is 42.6 Å². The van der Waals surface area contributed by atoms with E-state index >= 15 is 0 Å². The van der Waals surface area contributed by atoms with Crippen LogP contribution in [0.1, 0.15) is 56.7 Å². The first-order chi connectivity index (χ1) is 24.3. The molecule has 0 radical (unpaired) electrons. The van der Waals surface area contributed by atoms with Gasteiger partial charge < -0.3 is 19.5 Å². The molecule has 0 bridgehead atoms. The average molecular weight is 689 g/mol. The Hall–Kier alpha value is -4.93. The Bertz CT molecular complexity index is 2160. The lowest BCUT2D eigenvalue weighted by molar-refractivity contribution is -0.000514. The highest BCUT2D eigenvalue weighted by molar-refractivity contribution is 7.19. The Kier molecular flexibility index (Phi) is 8.44. The molecule has 2 aromatic carbocycles. The Morgan fingerprint density at radius 3 is 2.60 bits per heavy atom. The highest BCUT2D eigenvalue weighted by Gasteiger charge is 2.45. The molecule has 3 aliphatic rings. The molecule has 1 N–H and O–H groups in total. The molecule has 0 unspecified atom stereocenters. The van der Waals surface area contributed by atoms with E-state index in [4.69, 9.17) is 4.74 Å². The minimum atomic E-state index is -0.425. The van der Waals surface area contributed by atoms with E-state index in [1.54, 1.807) is 41.4 Å². The predicted octanol–water partition coefficient (Wildman–Crippen LogP) is 7.25. The number of aryl methyl sites for hydroxylation is 2. The molecule has 1 spiro atoms. The van der Waals surface area contributed by atoms with Crippen LogP contribution < -0.4 is 15.4 Å². The number of ketones is 1. The quantitative estimate of drug-likeness (QED) is 0.181.